The number of imidazole rings is 1. The summed E-state index contributed by atoms with van der Waals surface area (Å²) in [6.07, 6.45) is -3.40. The monoisotopic (exact) mass is 516 g/mol. The SMILES string of the molecule is CC(=O)Nc1nc2ccc(-c3cnc(C)c(C(=O)NCc4cc(OC(F)(F)F)ccc4F)c3)nn2c1C. The topological polar surface area (TPSA) is 111 Å². The van der Waals surface area contributed by atoms with Crippen molar-refractivity contribution < 1.29 is 31.9 Å². The van der Waals surface area contributed by atoms with Gasteiger partial charge in [-0.2, -0.15) is 5.10 Å². The van der Waals surface area contributed by atoms with Gasteiger partial charge in [0.15, 0.2) is 11.5 Å². The summed E-state index contributed by atoms with van der Waals surface area (Å²) >= 11 is 0. The summed E-state index contributed by atoms with van der Waals surface area (Å²) in [7, 11) is 0. The van der Waals surface area contributed by atoms with Gasteiger partial charge >= 0.3 is 6.36 Å². The van der Waals surface area contributed by atoms with E-state index in [2.05, 4.69) is 30.4 Å². The number of ether oxygens (including phenoxy) is 1. The number of amides is 2. The average Bonchev–Trinajstić information content (AvgIpc) is 3.12. The molecule has 0 atom stereocenters. The highest BCUT2D eigenvalue weighted by molar-refractivity contribution is 5.96. The molecule has 9 nitrogen and oxygen atoms in total. The third kappa shape index (κ3) is 5.82. The van der Waals surface area contributed by atoms with Gasteiger partial charge in [-0.3, -0.25) is 14.6 Å². The molecular weight excluding hydrogens is 496 g/mol. The van der Waals surface area contributed by atoms with Gasteiger partial charge in [0.25, 0.3) is 5.91 Å². The van der Waals surface area contributed by atoms with Crippen molar-refractivity contribution in [1.29, 1.82) is 0 Å². The Morgan fingerprint density at radius 3 is 2.57 bits per heavy atom. The number of rotatable bonds is 6. The maximum absolute atomic E-state index is 14.1. The maximum atomic E-state index is 14.1. The Hall–Kier alpha value is -4.55. The standard InChI is InChI=1S/C24H20F4N6O3/c1-12-18(23(36)30-10-15-8-17(4-5-19(15)25)37-24(26,27)28)9-16(11-29-12)20-6-7-21-32-22(31-14(3)35)13(2)34(21)33-20/h4-9,11H,10H2,1-3H3,(H,30,36)(H,31,35). The molecule has 2 N–H and O–H groups in total. The lowest BCUT2D eigenvalue weighted by Gasteiger charge is -2.12. The van der Waals surface area contributed by atoms with Crippen LogP contribution in [0.4, 0.5) is 23.4 Å². The summed E-state index contributed by atoms with van der Waals surface area (Å²) < 4.78 is 56.9. The van der Waals surface area contributed by atoms with E-state index in [1.54, 1.807) is 36.6 Å². The fraction of sp³-hybridized carbons (Fsp3) is 0.208. The van der Waals surface area contributed by atoms with E-state index in [9.17, 15) is 27.2 Å². The molecule has 0 saturated heterocycles. The lowest BCUT2D eigenvalue weighted by atomic mass is 10.1. The summed E-state index contributed by atoms with van der Waals surface area (Å²) in [5.74, 6) is -1.91. The molecule has 2 amide bonds. The van der Waals surface area contributed by atoms with E-state index in [1.807, 2.05) is 0 Å². The molecule has 3 aromatic heterocycles. The summed E-state index contributed by atoms with van der Waals surface area (Å²) in [5, 5.41) is 9.65. The highest BCUT2D eigenvalue weighted by Crippen LogP contribution is 2.25. The molecule has 3 heterocycles. The minimum Gasteiger partial charge on any atom is -0.406 e. The number of benzene rings is 1. The second kappa shape index (κ2) is 9.84. The molecule has 0 fully saturated rings. The van der Waals surface area contributed by atoms with Crippen molar-refractivity contribution in [3.63, 3.8) is 0 Å². The molecule has 0 aliphatic heterocycles. The lowest BCUT2D eigenvalue weighted by Crippen LogP contribution is -2.25. The van der Waals surface area contributed by atoms with Gasteiger partial charge in [-0.25, -0.2) is 13.9 Å². The van der Waals surface area contributed by atoms with E-state index in [4.69, 9.17) is 0 Å². The number of fused-ring (bicyclic) bond motifs is 1. The molecule has 192 valence electrons. The molecule has 37 heavy (non-hydrogen) atoms. The Labute approximate surface area is 207 Å². The first kappa shape index (κ1) is 25.5. The number of nitrogens with zero attached hydrogens (tertiary/aromatic N) is 4. The molecular formula is C24H20F4N6O3. The summed E-state index contributed by atoms with van der Waals surface area (Å²) in [6.45, 7) is 4.33. The number of anilines is 1. The molecule has 4 rings (SSSR count). The predicted molar refractivity (Wildman–Crippen MR) is 124 cm³/mol. The van der Waals surface area contributed by atoms with Gasteiger partial charge in [0.2, 0.25) is 5.91 Å². The van der Waals surface area contributed by atoms with Crippen LogP contribution in [0.1, 0.15) is 34.2 Å². The van der Waals surface area contributed by atoms with Crippen LogP contribution in [0.15, 0.2) is 42.6 Å². The molecule has 0 spiro atoms. The summed E-state index contributed by atoms with van der Waals surface area (Å²) in [6, 6.07) is 7.45. The fourth-order valence-electron chi connectivity index (χ4n) is 3.54. The molecule has 0 aliphatic rings. The molecule has 0 saturated carbocycles. The van der Waals surface area contributed by atoms with Crippen molar-refractivity contribution in [2.24, 2.45) is 0 Å². The van der Waals surface area contributed by atoms with Crippen LogP contribution >= 0.6 is 0 Å². The van der Waals surface area contributed by atoms with E-state index in [0.29, 0.717) is 34.1 Å². The molecule has 0 aliphatic carbocycles. The van der Waals surface area contributed by atoms with Crippen LogP contribution in [0.3, 0.4) is 0 Å². The minimum atomic E-state index is -4.93. The number of halogens is 4. The molecule has 0 radical (unpaired) electrons. The van der Waals surface area contributed by atoms with Gasteiger partial charge in [0.1, 0.15) is 11.6 Å². The van der Waals surface area contributed by atoms with E-state index in [0.717, 1.165) is 18.2 Å². The number of pyridine rings is 1. The predicted octanol–water partition coefficient (Wildman–Crippen LogP) is 4.33. The zero-order chi connectivity index (χ0) is 26.9. The molecule has 0 bridgehead atoms. The Kier molecular flexibility index (Phi) is 6.79. The number of carbonyl (C=O) groups excluding carboxylic acids is 2. The minimum absolute atomic E-state index is 0.170. The third-order valence-electron chi connectivity index (χ3n) is 5.31. The highest BCUT2D eigenvalue weighted by atomic mass is 19.4. The fourth-order valence-corrected chi connectivity index (χ4v) is 3.54. The third-order valence-corrected chi connectivity index (χ3v) is 5.31. The smallest absolute Gasteiger partial charge is 0.406 e. The van der Waals surface area contributed by atoms with E-state index in [1.165, 1.54) is 13.1 Å². The van der Waals surface area contributed by atoms with E-state index >= 15 is 0 Å². The van der Waals surface area contributed by atoms with Crippen molar-refractivity contribution in [3.05, 3.63) is 70.9 Å². The van der Waals surface area contributed by atoms with Crippen molar-refractivity contribution in [2.45, 2.75) is 33.7 Å². The molecule has 4 aromatic rings. The van der Waals surface area contributed by atoms with Gasteiger partial charge < -0.3 is 15.4 Å². The van der Waals surface area contributed by atoms with Crippen molar-refractivity contribution in [2.75, 3.05) is 5.32 Å². The highest BCUT2D eigenvalue weighted by Gasteiger charge is 2.31. The second-order valence-electron chi connectivity index (χ2n) is 8.06. The van der Waals surface area contributed by atoms with Crippen LogP contribution in [0.5, 0.6) is 5.75 Å². The van der Waals surface area contributed by atoms with Gasteiger partial charge in [0.05, 0.1) is 22.6 Å². The average molecular weight is 516 g/mol. The number of alkyl halides is 3. The molecule has 13 heteroatoms. The molecule has 1 aromatic carbocycles. The van der Waals surface area contributed by atoms with Crippen LogP contribution in [-0.4, -0.2) is 37.8 Å². The van der Waals surface area contributed by atoms with Crippen LogP contribution in [0.2, 0.25) is 0 Å². The van der Waals surface area contributed by atoms with Gasteiger partial charge in [0, 0.05) is 30.8 Å². The number of hydrogen-bond acceptors (Lipinski definition) is 6. The van der Waals surface area contributed by atoms with Crippen LogP contribution in [0.25, 0.3) is 16.9 Å². The van der Waals surface area contributed by atoms with Crippen LogP contribution < -0.4 is 15.4 Å². The van der Waals surface area contributed by atoms with Crippen molar-refractivity contribution >= 4 is 23.3 Å². The number of carbonyl (C=O) groups is 2. The Balaban J connectivity index is 1.57. The van der Waals surface area contributed by atoms with Crippen LogP contribution in [-0.2, 0) is 11.3 Å². The Bertz CT molecular complexity index is 1520. The number of nitrogens with one attached hydrogen (secondary N) is 2. The number of aromatic nitrogens is 4. The maximum Gasteiger partial charge on any atom is 0.573 e. The second-order valence-corrected chi connectivity index (χ2v) is 8.06. The van der Waals surface area contributed by atoms with Gasteiger partial charge in [-0.05, 0) is 50.2 Å². The lowest BCUT2D eigenvalue weighted by molar-refractivity contribution is -0.274. The Morgan fingerprint density at radius 2 is 1.86 bits per heavy atom. The number of hydrogen-bond donors (Lipinski definition) is 2. The van der Waals surface area contributed by atoms with Gasteiger partial charge in [-0.15, -0.1) is 13.2 Å². The van der Waals surface area contributed by atoms with E-state index < -0.39 is 23.8 Å². The first-order valence-corrected chi connectivity index (χ1v) is 10.8. The Morgan fingerprint density at radius 1 is 1.11 bits per heavy atom. The zero-order valence-corrected chi connectivity index (χ0v) is 19.8. The summed E-state index contributed by atoms with van der Waals surface area (Å²) in [5.41, 5.74) is 2.43. The quantitative estimate of drug-likeness (QED) is 0.369. The zero-order valence-electron chi connectivity index (χ0n) is 19.8. The van der Waals surface area contributed by atoms with Crippen LogP contribution in [0, 0.1) is 19.7 Å². The van der Waals surface area contributed by atoms with Crippen molar-refractivity contribution in [1.82, 2.24) is 24.9 Å². The first-order chi connectivity index (χ1) is 17.4. The van der Waals surface area contributed by atoms with Crippen molar-refractivity contribution in [3.8, 4) is 17.0 Å². The number of aryl methyl sites for hydroxylation is 2. The van der Waals surface area contributed by atoms with E-state index in [-0.39, 0.29) is 23.6 Å². The van der Waals surface area contributed by atoms with Gasteiger partial charge in [-0.1, -0.05) is 0 Å². The largest absolute Gasteiger partial charge is 0.573 e. The molecule has 0 unspecified atom stereocenters. The normalized spacial score (nSPS) is 11.4. The summed E-state index contributed by atoms with van der Waals surface area (Å²) in [4.78, 5) is 32.8. The first-order valence-electron chi connectivity index (χ1n) is 10.8.